The van der Waals surface area contributed by atoms with Crippen molar-refractivity contribution in [3.63, 3.8) is 0 Å². The summed E-state index contributed by atoms with van der Waals surface area (Å²) in [6.07, 6.45) is 0.954. The van der Waals surface area contributed by atoms with E-state index in [0.29, 0.717) is 90.5 Å². The predicted octanol–water partition coefficient (Wildman–Crippen LogP) is 8.21. The Morgan fingerprint density at radius 1 is 0.506 bits per heavy atom. The van der Waals surface area contributed by atoms with E-state index in [-0.39, 0.29) is 25.1 Å². The number of benzene rings is 6. The number of nitrogens with one attached hydrogen (secondary N) is 2. The first-order chi connectivity index (χ1) is 39.4. The molecule has 0 radical (unpaired) electrons. The first-order valence-corrected chi connectivity index (χ1v) is 26.7. The van der Waals surface area contributed by atoms with Crippen molar-refractivity contribution in [1.82, 2.24) is 19.6 Å². The lowest BCUT2D eigenvalue weighted by Crippen LogP contribution is -2.48. The number of carbonyl (C=O) groups excluding carboxylic acids is 6. The van der Waals surface area contributed by atoms with E-state index in [1.54, 1.807) is 65.4 Å². The molecular formula is C65H72N8O8. The molecule has 6 aromatic carbocycles. The van der Waals surface area contributed by atoms with Crippen molar-refractivity contribution in [3.8, 4) is 0 Å². The first kappa shape index (κ1) is 55.8. The molecule has 4 heterocycles. The van der Waals surface area contributed by atoms with Crippen LogP contribution in [-0.2, 0) is 41.5 Å². The number of methoxy groups -OCH3 is 2. The second-order valence-corrected chi connectivity index (χ2v) is 20.3. The Labute approximate surface area is 478 Å². The summed E-state index contributed by atoms with van der Waals surface area (Å²) in [6.45, 7) is 4.41. The fourth-order valence-electron chi connectivity index (χ4n) is 10.2. The molecule has 2 saturated heterocycles. The van der Waals surface area contributed by atoms with Gasteiger partial charge in [0.1, 0.15) is 0 Å². The second kappa shape index (κ2) is 26.6. The Hall–Kier alpha value is -8.54. The predicted molar refractivity (Wildman–Crippen MR) is 321 cm³/mol. The minimum Gasteiger partial charge on any atom is -0.465 e. The van der Waals surface area contributed by atoms with E-state index < -0.39 is 24.3 Å². The van der Waals surface area contributed by atoms with E-state index in [9.17, 15) is 28.8 Å². The van der Waals surface area contributed by atoms with Gasteiger partial charge in [0.15, 0.2) is 0 Å². The van der Waals surface area contributed by atoms with Gasteiger partial charge in [-0.05, 0) is 109 Å². The highest BCUT2D eigenvalue weighted by molar-refractivity contribution is 6.38. The highest BCUT2D eigenvalue weighted by Gasteiger charge is 2.31. The number of amides is 4. The topological polar surface area (TPSA) is 164 Å². The lowest BCUT2D eigenvalue weighted by atomic mass is 9.90. The van der Waals surface area contributed by atoms with Crippen molar-refractivity contribution < 1.29 is 41.0 Å². The maximum absolute atomic E-state index is 13.3. The van der Waals surface area contributed by atoms with Gasteiger partial charge < -0.3 is 39.7 Å². The first-order valence-electron chi connectivity index (χ1n) is 27.7. The molecular weight excluding hydrogens is 1020 g/mol. The number of fused-ring (bicyclic) bond motifs is 2. The average Bonchev–Trinajstić information content (AvgIpc) is 4.26. The summed E-state index contributed by atoms with van der Waals surface area (Å²) in [5, 5.41) is 5.81. The maximum atomic E-state index is 13.3. The monoisotopic (exact) mass is 1090 g/mol. The summed E-state index contributed by atoms with van der Waals surface area (Å²) >= 11 is 0. The van der Waals surface area contributed by atoms with E-state index in [4.69, 9.17) is 12.2 Å². The molecule has 6 aromatic rings. The van der Waals surface area contributed by atoms with Crippen LogP contribution in [0.1, 0.15) is 64.3 Å². The van der Waals surface area contributed by atoms with Crippen molar-refractivity contribution in [1.29, 1.82) is 0 Å². The fraction of sp³-hybridized carbons (Fsp3) is 0.292. The molecule has 420 valence electrons. The van der Waals surface area contributed by atoms with E-state index in [0.717, 1.165) is 70.8 Å². The van der Waals surface area contributed by atoms with Gasteiger partial charge in [0.05, 0.1) is 52.3 Å². The third-order valence-corrected chi connectivity index (χ3v) is 15.0. The number of piperazine rings is 2. The smallest absolute Gasteiger partial charge is 0.337 e. The summed E-state index contributed by atoms with van der Waals surface area (Å²) in [5.74, 6) is -1.94. The summed E-state index contributed by atoms with van der Waals surface area (Å²) in [6, 6.07) is 45.0. The van der Waals surface area contributed by atoms with Crippen LogP contribution < -0.4 is 20.4 Å². The number of nitrogens with zero attached hydrogens (tertiary/aromatic N) is 6. The van der Waals surface area contributed by atoms with Crippen molar-refractivity contribution in [2.45, 2.75) is 20.3 Å². The Bertz CT molecular complexity index is 3430. The zero-order valence-electron chi connectivity index (χ0n) is 48.1. The van der Waals surface area contributed by atoms with E-state index >= 15 is 0 Å². The molecule has 0 bridgehead atoms. The Morgan fingerprint density at radius 3 is 1.28 bits per heavy atom. The molecule has 0 aliphatic carbocycles. The molecule has 2 fully saturated rings. The van der Waals surface area contributed by atoms with Gasteiger partial charge >= 0.3 is 11.9 Å². The van der Waals surface area contributed by atoms with E-state index in [2.05, 4.69) is 32.4 Å². The van der Waals surface area contributed by atoms with Crippen LogP contribution in [0.2, 0.25) is 0 Å². The van der Waals surface area contributed by atoms with Crippen molar-refractivity contribution in [3.05, 3.63) is 190 Å². The summed E-state index contributed by atoms with van der Waals surface area (Å²) in [7, 11) is 10.1. The largest absolute Gasteiger partial charge is 0.465 e. The number of hydrogen-bond acceptors (Lipinski definition) is 12. The Kier molecular flexibility index (Phi) is 18.3. The number of hydrogen-bond donors (Lipinski definition) is 2. The third-order valence-electron chi connectivity index (χ3n) is 15.0. The van der Waals surface area contributed by atoms with Crippen LogP contribution in [0.5, 0.6) is 0 Å². The SMILES string of the molecule is C.COC(=O)c1ccc2c(c1)NC(=O)/C2=C(\Cc1ccc(N(C)C(=O)CN2CCN(C)CC2)cc1)c1ccccc1.[2H]C([2H])(C(=O)N(C)c1ccc(C/C(=C2\C(=O)Nc3cc(C(=O)OC)ccc32)c2ccccc2)cc1)N1CCN(C)CC1. The highest BCUT2D eigenvalue weighted by atomic mass is 16.5. The fourth-order valence-corrected chi connectivity index (χ4v) is 10.2. The van der Waals surface area contributed by atoms with E-state index in [1.807, 2.05) is 111 Å². The number of ether oxygens (including phenoxy) is 2. The summed E-state index contributed by atoms with van der Waals surface area (Å²) in [4.78, 5) is 88.0. The van der Waals surface area contributed by atoms with Gasteiger partial charge in [-0.25, -0.2) is 9.59 Å². The van der Waals surface area contributed by atoms with Gasteiger partial charge in [0, 0.05) is 100 Å². The van der Waals surface area contributed by atoms with Crippen molar-refractivity contribution >= 4 is 80.6 Å². The van der Waals surface area contributed by atoms with Gasteiger partial charge in [-0.15, -0.1) is 0 Å². The molecule has 0 spiro atoms. The van der Waals surface area contributed by atoms with Gasteiger partial charge in [0.25, 0.3) is 11.8 Å². The zero-order chi connectivity index (χ0) is 58.2. The number of allylic oxidation sites excluding steroid dienone is 2. The Balaban J connectivity index is 0.000000215. The number of rotatable bonds is 14. The van der Waals surface area contributed by atoms with Crippen LogP contribution in [0.3, 0.4) is 0 Å². The molecule has 4 aliphatic heterocycles. The van der Waals surface area contributed by atoms with Crippen LogP contribution >= 0.6 is 0 Å². The van der Waals surface area contributed by atoms with Crippen LogP contribution in [-0.4, -0.2) is 163 Å². The lowest BCUT2D eigenvalue weighted by molar-refractivity contribution is -0.120. The molecule has 4 amide bonds. The normalized spacial score (nSPS) is 17.1. The number of esters is 2. The van der Waals surface area contributed by atoms with Gasteiger partial charge in [-0.1, -0.05) is 104 Å². The quantitative estimate of drug-likeness (QED) is 0.0795. The molecule has 16 nitrogen and oxygen atoms in total. The summed E-state index contributed by atoms with van der Waals surface area (Å²) < 4.78 is 26.7. The number of likely N-dealkylation sites (N-methyl/N-ethyl adjacent to an activating group) is 4. The van der Waals surface area contributed by atoms with Crippen molar-refractivity contribution in [2.75, 3.05) is 128 Å². The van der Waals surface area contributed by atoms with Crippen LogP contribution in [0, 0.1) is 0 Å². The molecule has 16 heteroatoms. The minimum absolute atomic E-state index is 0. The maximum Gasteiger partial charge on any atom is 0.337 e. The Morgan fingerprint density at radius 2 is 0.889 bits per heavy atom. The van der Waals surface area contributed by atoms with Crippen molar-refractivity contribution in [2.24, 2.45) is 0 Å². The van der Waals surface area contributed by atoms with Gasteiger partial charge in [-0.3, -0.25) is 29.0 Å². The molecule has 0 unspecified atom stereocenters. The van der Waals surface area contributed by atoms with Crippen LogP contribution in [0.25, 0.3) is 22.3 Å². The zero-order valence-corrected chi connectivity index (χ0v) is 46.1. The average molecular weight is 1100 g/mol. The standard InChI is InChI=1S/2C32H34N4O4.CH4/c2*1-34-15-17-36(18-16-34)21-29(37)35(2)25-12-9-22(10-13-25)19-27(23-7-5-4-6-8-23)30-26-14-11-24(32(39)40-3)20-28(26)33-31(30)38;/h2*4-14,20H,15-19,21H2,1-3H3,(H,33,38);1H4/b2*30-27+;/i21D2;;. The molecule has 0 atom stereocenters. The molecule has 81 heavy (non-hydrogen) atoms. The van der Waals surface area contributed by atoms with Gasteiger partial charge in [0.2, 0.25) is 11.8 Å². The lowest BCUT2D eigenvalue weighted by Gasteiger charge is -2.32. The molecule has 2 N–H and O–H groups in total. The van der Waals surface area contributed by atoms with Crippen LogP contribution in [0.15, 0.2) is 146 Å². The van der Waals surface area contributed by atoms with E-state index in [1.165, 1.54) is 19.1 Å². The molecule has 0 aromatic heterocycles. The molecule has 0 saturated carbocycles. The number of anilines is 4. The van der Waals surface area contributed by atoms with Crippen LogP contribution in [0.4, 0.5) is 22.7 Å². The molecule has 10 rings (SSSR count). The third kappa shape index (κ3) is 13.9. The number of carbonyl (C=O) groups is 6. The summed E-state index contributed by atoms with van der Waals surface area (Å²) in [5.41, 5.74) is 11.3. The van der Waals surface area contributed by atoms with Gasteiger partial charge in [-0.2, -0.15) is 0 Å². The molecule has 4 aliphatic rings. The second-order valence-electron chi connectivity index (χ2n) is 20.3. The minimum atomic E-state index is -2.11. The highest BCUT2D eigenvalue weighted by Crippen LogP contribution is 2.41.